The fourth-order valence-corrected chi connectivity index (χ4v) is 2.98. The molecule has 1 N–H and O–H groups in total. The molecule has 0 bridgehead atoms. The van der Waals surface area contributed by atoms with Gasteiger partial charge in [-0.3, -0.25) is 0 Å². The molecule has 2 aromatic heterocycles. The van der Waals surface area contributed by atoms with E-state index in [1.165, 1.54) is 5.56 Å². The van der Waals surface area contributed by atoms with Gasteiger partial charge in [0.1, 0.15) is 24.2 Å². The van der Waals surface area contributed by atoms with Gasteiger partial charge in [-0.1, -0.05) is 48.0 Å². The molecular weight excluding hydrogens is 378 g/mol. The molecule has 0 radical (unpaired) electrons. The van der Waals surface area contributed by atoms with Crippen molar-refractivity contribution in [3.05, 3.63) is 89.3 Å². The molecule has 0 saturated carbocycles. The summed E-state index contributed by atoms with van der Waals surface area (Å²) in [5, 5.41) is 12.6. The molecule has 0 spiro atoms. The van der Waals surface area contributed by atoms with Gasteiger partial charge in [0.05, 0.1) is 6.04 Å². The van der Waals surface area contributed by atoms with Gasteiger partial charge in [-0.05, 0) is 43.7 Å². The van der Waals surface area contributed by atoms with Gasteiger partial charge in [0, 0.05) is 0 Å². The number of furan rings is 1. The summed E-state index contributed by atoms with van der Waals surface area (Å²) in [6.07, 6.45) is 0. The van der Waals surface area contributed by atoms with Crippen LogP contribution in [0.5, 0.6) is 5.75 Å². The van der Waals surface area contributed by atoms with Gasteiger partial charge in [-0.15, -0.1) is 0 Å². The lowest BCUT2D eigenvalue weighted by molar-refractivity contribution is 0.271. The van der Waals surface area contributed by atoms with Crippen LogP contribution in [-0.4, -0.2) is 4.98 Å². The number of aryl methyl sites for hydroxylation is 1. The SMILES string of the molecule is Cc1ccc(OCc2ccc(-c3nc(C#N)c(N[C@H](C)c4ccccc4)o3)o2)cc1. The van der Waals surface area contributed by atoms with Crippen molar-refractivity contribution in [1.82, 2.24) is 4.98 Å². The van der Waals surface area contributed by atoms with Crippen molar-refractivity contribution < 1.29 is 13.6 Å². The van der Waals surface area contributed by atoms with Gasteiger partial charge in [-0.25, -0.2) is 0 Å². The second-order valence-electron chi connectivity index (χ2n) is 6.95. The number of nitrogens with one attached hydrogen (secondary N) is 1. The lowest BCUT2D eigenvalue weighted by Gasteiger charge is -2.12. The van der Waals surface area contributed by atoms with E-state index in [1.807, 2.05) is 68.4 Å². The maximum atomic E-state index is 9.43. The number of nitrogens with zero attached hydrogens (tertiary/aromatic N) is 2. The number of ether oxygens (including phenoxy) is 1. The first-order chi connectivity index (χ1) is 14.6. The van der Waals surface area contributed by atoms with E-state index in [4.69, 9.17) is 13.6 Å². The summed E-state index contributed by atoms with van der Waals surface area (Å²) >= 11 is 0. The average molecular weight is 399 g/mol. The molecule has 0 amide bonds. The lowest BCUT2D eigenvalue weighted by atomic mass is 10.1. The van der Waals surface area contributed by atoms with Gasteiger partial charge in [0.15, 0.2) is 5.76 Å². The molecule has 1 atom stereocenters. The minimum atomic E-state index is -0.0471. The molecular formula is C24H21N3O3. The van der Waals surface area contributed by atoms with Crippen molar-refractivity contribution >= 4 is 5.88 Å². The Bertz CT molecular complexity index is 1150. The zero-order valence-electron chi connectivity index (χ0n) is 16.8. The minimum absolute atomic E-state index is 0.0471. The fourth-order valence-electron chi connectivity index (χ4n) is 2.98. The normalized spacial score (nSPS) is 11.6. The first-order valence-electron chi connectivity index (χ1n) is 9.63. The van der Waals surface area contributed by atoms with Crippen LogP contribution >= 0.6 is 0 Å². The zero-order chi connectivity index (χ0) is 20.9. The number of anilines is 1. The Morgan fingerprint density at radius 1 is 1.03 bits per heavy atom. The third-order valence-electron chi connectivity index (χ3n) is 4.65. The van der Waals surface area contributed by atoms with E-state index < -0.39 is 0 Å². The third-order valence-corrected chi connectivity index (χ3v) is 4.65. The van der Waals surface area contributed by atoms with Crippen molar-refractivity contribution in [1.29, 1.82) is 5.26 Å². The van der Waals surface area contributed by atoms with Gasteiger partial charge in [-0.2, -0.15) is 10.2 Å². The number of hydrogen-bond donors (Lipinski definition) is 1. The Labute approximate surface area is 174 Å². The van der Waals surface area contributed by atoms with Crippen LogP contribution in [0.25, 0.3) is 11.7 Å². The molecule has 150 valence electrons. The van der Waals surface area contributed by atoms with Crippen LogP contribution in [-0.2, 0) is 6.61 Å². The summed E-state index contributed by atoms with van der Waals surface area (Å²) in [6, 6.07) is 23.3. The molecule has 0 fully saturated rings. The third kappa shape index (κ3) is 4.36. The first kappa shape index (κ1) is 19.3. The summed E-state index contributed by atoms with van der Waals surface area (Å²) in [6.45, 7) is 4.30. The van der Waals surface area contributed by atoms with Crippen LogP contribution in [0.2, 0.25) is 0 Å². The van der Waals surface area contributed by atoms with Crippen LogP contribution in [0, 0.1) is 18.3 Å². The topological polar surface area (TPSA) is 84.2 Å². The highest BCUT2D eigenvalue weighted by Gasteiger charge is 2.19. The van der Waals surface area contributed by atoms with Gasteiger partial charge >= 0.3 is 0 Å². The van der Waals surface area contributed by atoms with Crippen LogP contribution in [0.1, 0.15) is 35.5 Å². The quantitative estimate of drug-likeness (QED) is 0.418. The summed E-state index contributed by atoms with van der Waals surface area (Å²) in [5.74, 6) is 2.40. The van der Waals surface area contributed by atoms with Crippen molar-refractivity contribution in [3.63, 3.8) is 0 Å². The first-order valence-corrected chi connectivity index (χ1v) is 9.63. The number of oxazole rings is 1. The fraction of sp³-hybridized carbons (Fsp3) is 0.167. The summed E-state index contributed by atoms with van der Waals surface area (Å²) in [4.78, 5) is 4.26. The molecule has 0 aliphatic rings. The molecule has 0 aliphatic carbocycles. The van der Waals surface area contributed by atoms with Crippen molar-refractivity contribution in [2.45, 2.75) is 26.5 Å². The molecule has 4 aromatic rings. The number of nitriles is 1. The van der Waals surface area contributed by atoms with Crippen molar-refractivity contribution in [2.75, 3.05) is 5.32 Å². The number of hydrogen-bond acceptors (Lipinski definition) is 6. The summed E-state index contributed by atoms with van der Waals surface area (Å²) in [7, 11) is 0. The van der Waals surface area contributed by atoms with E-state index in [-0.39, 0.29) is 24.2 Å². The Balaban J connectivity index is 1.47. The van der Waals surface area contributed by atoms with E-state index in [0.717, 1.165) is 11.3 Å². The Kier molecular flexibility index (Phi) is 5.53. The standard InChI is InChI=1S/C24H21N3O3/c1-16-8-10-19(11-9-16)28-15-20-12-13-22(29-20)24-27-21(14-25)23(30-24)26-17(2)18-6-4-3-5-7-18/h3-13,17,26H,15H2,1-2H3/t17-/m1/s1. The lowest BCUT2D eigenvalue weighted by Crippen LogP contribution is -2.06. The molecule has 6 nitrogen and oxygen atoms in total. The highest BCUT2D eigenvalue weighted by molar-refractivity contribution is 5.55. The van der Waals surface area contributed by atoms with E-state index in [9.17, 15) is 5.26 Å². The Hall–Kier alpha value is -3.98. The predicted molar refractivity (Wildman–Crippen MR) is 113 cm³/mol. The monoisotopic (exact) mass is 399 g/mol. The van der Waals surface area contributed by atoms with E-state index in [0.29, 0.717) is 17.4 Å². The van der Waals surface area contributed by atoms with Crippen molar-refractivity contribution in [2.24, 2.45) is 0 Å². The van der Waals surface area contributed by atoms with E-state index in [2.05, 4.69) is 16.4 Å². The molecule has 0 saturated heterocycles. The number of rotatable bonds is 7. The molecule has 0 unspecified atom stereocenters. The van der Waals surface area contributed by atoms with Gasteiger partial charge in [0.2, 0.25) is 11.6 Å². The largest absolute Gasteiger partial charge is 0.486 e. The van der Waals surface area contributed by atoms with Crippen LogP contribution in [0.3, 0.4) is 0 Å². The summed E-state index contributed by atoms with van der Waals surface area (Å²) < 4.78 is 17.3. The second-order valence-corrected chi connectivity index (χ2v) is 6.95. The maximum absolute atomic E-state index is 9.43. The predicted octanol–water partition coefficient (Wildman–Crippen LogP) is 5.87. The van der Waals surface area contributed by atoms with Gasteiger partial charge < -0.3 is 18.9 Å². The highest BCUT2D eigenvalue weighted by atomic mass is 16.5. The van der Waals surface area contributed by atoms with Crippen LogP contribution in [0.15, 0.2) is 75.6 Å². The molecule has 6 heteroatoms. The van der Waals surface area contributed by atoms with Crippen molar-refractivity contribution in [3.8, 4) is 23.5 Å². The maximum Gasteiger partial charge on any atom is 0.266 e. The molecule has 4 rings (SSSR count). The molecule has 2 heterocycles. The smallest absolute Gasteiger partial charge is 0.266 e. The zero-order valence-corrected chi connectivity index (χ0v) is 16.8. The second kappa shape index (κ2) is 8.58. The number of aromatic nitrogens is 1. The van der Waals surface area contributed by atoms with E-state index in [1.54, 1.807) is 12.1 Å². The molecule has 30 heavy (non-hydrogen) atoms. The van der Waals surface area contributed by atoms with Crippen LogP contribution < -0.4 is 10.1 Å². The number of benzene rings is 2. The average Bonchev–Trinajstić information content (AvgIpc) is 3.41. The van der Waals surface area contributed by atoms with Gasteiger partial charge in [0.25, 0.3) is 5.89 Å². The summed E-state index contributed by atoms with van der Waals surface area (Å²) in [5.41, 5.74) is 2.43. The molecule has 0 aliphatic heterocycles. The minimum Gasteiger partial charge on any atom is -0.486 e. The highest BCUT2D eigenvalue weighted by Crippen LogP contribution is 2.29. The molecule has 2 aromatic carbocycles. The van der Waals surface area contributed by atoms with E-state index >= 15 is 0 Å². The van der Waals surface area contributed by atoms with Crippen LogP contribution in [0.4, 0.5) is 5.88 Å². The Morgan fingerprint density at radius 3 is 2.53 bits per heavy atom. The Morgan fingerprint density at radius 2 is 1.80 bits per heavy atom.